The van der Waals surface area contributed by atoms with E-state index in [1.165, 1.54) is 0 Å². The van der Waals surface area contributed by atoms with Crippen LogP contribution in [0.4, 0.5) is 0 Å². The lowest BCUT2D eigenvalue weighted by Gasteiger charge is -2.47. The normalized spacial score (nSPS) is 52.5. The fraction of sp³-hybridized carbons (Fsp3) is 1.00. The minimum Gasteiger partial charge on any atom is -0.394 e. The molecule has 16 heteroatoms. The Morgan fingerprint density at radius 3 is 1.35 bits per heavy atom. The van der Waals surface area contributed by atoms with E-state index in [-0.39, 0.29) is 0 Å². The fourth-order valence-corrected chi connectivity index (χ4v) is 4.06. The maximum absolute atomic E-state index is 10.6. The average Bonchev–Trinajstić information content (AvgIpc) is 2.83. The molecule has 11 N–H and O–H groups in total. The minimum absolute atomic E-state index is 0.741. The van der Waals surface area contributed by atoms with Gasteiger partial charge >= 0.3 is 0 Å². The van der Waals surface area contributed by atoms with Crippen molar-refractivity contribution < 1.29 is 79.9 Å². The number of aliphatic hydroxyl groups is 11. The van der Waals surface area contributed by atoms with Crippen molar-refractivity contribution >= 4 is 0 Å². The average molecular weight is 504 g/mol. The van der Waals surface area contributed by atoms with Crippen LogP contribution in [-0.2, 0) is 23.7 Å². The number of ether oxygens (including phenoxy) is 5. The molecule has 0 spiro atoms. The molecule has 3 rings (SSSR count). The predicted octanol–water partition coefficient (Wildman–Crippen LogP) is -7.57. The van der Waals surface area contributed by atoms with E-state index in [1.807, 2.05) is 0 Å². The topological polar surface area (TPSA) is 269 Å². The Bertz CT molecular complexity index is 635. The van der Waals surface area contributed by atoms with Gasteiger partial charge in [-0.25, -0.2) is 0 Å². The lowest BCUT2D eigenvalue weighted by Crippen LogP contribution is -2.66. The van der Waals surface area contributed by atoms with Crippen molar-refractivity contribution in [2.24, 2.45) is 0 Å². The van der Waals surface area contributed by atoms with Crippen molar-refractivity contribution in [1.82, 2.24) is 0 Å². The Labute approximate surface area is 192 Å². The van der Waals surface area contributed by atoms with Gasteiger partial charge in [0.2, 0.25) is 0 Å². The van der Waals surface area contributed by atoms with Crippen LogP contribution in [0.3, 0.4) is 0 Å². The van der Waals surface area contributed by atoms with Crippen LogP contribution in [-0.4, -0.2) is 168 Å². The standard InChI is InChI=1S/C18H32O16/c19-1-4-7(22)8(23)12(27)17(31-4)34-15-6(3-21)32-18(13(28)10(15)25)33-14-5(2-20)30-16(29)11(26)9(14)24/h4-29H,1-3H2/t4?,5?,6?,7-,8-,9+,10+,11?,12?,13?,14-,15-,16?,17-,18-/m0/s1. The highest BCUT2D eigenvalue weighted by Gasteiger charge is 2.53. The fourth-order valence-electron chi connectivity index (χ4n) is 4.06. The minimum atomic E-state index is -1.91. The lowest BCUT2D eigenvalue weighted by atomic mass is 9.96. The smallest absolute Gasteiger partial charge is 0.187 e. The molecule has 0 aliphatic carbocycles. The number of hydrogen-bond acceptors (Lipinski definition) is 16. The summed E-state index contributed by atoms with van der Waals surface area (Å²) in [7, 11) is 0. The quantitative estimate of drug-likeness (QED) is 0.154. The van der Waals surface area contributed by atoms with Crippen molar-refractivity contribution in [3.63, 3.8) is 0 Å². The number of aliphatic hydroxyl groups excluding tert-OH is 11. The van der Waals surface area contributed by atoms with Gasteiger partial charge in [-0.05, 0) is 0 Å². The second kappa shape index (κ2) is 11.6. The summed E-state index contributed by atoms with van der Waals surface area (Å²) in [6, 6.07) is 0. The molecule has 3 aliphatic rings. The molecule has 7 unspecified atom stereocenters. The van der Waals surface area contributed by atoms with Crippen LogP contribution in [0.1, 0.15) is 0 Å². The molecule has 3 fully saturated rings. The molecular formula is C18H32O16. The Balaban J connectivity index is 1.72. The van der Waals surface area contributed by atoms with E-state index >= 15 is 0 Å². The van der Waals surface area contributed by atoms with Crippen LogP contribution in [0.5, 0.6) is 0 Å². The van der Waals surface area contributed by atoms with Gasteiger partial charge in [-0.3, -0.25) is 0 Å². The van der Waals surface area contributed by atoms with Crippen LogP contribution in [0.2, 0.25) is 0 Å². The lowest BCUT2D eigenvalue weighted by molar-refractivity contribution is -0.377. The summed E-state index contributed by atoms with van der Waals surface area (Å²) in [5.41, 5.74) is 0. The van der Waals surface area contributed by atoms with E-state index in [1.54, 1.807) is 0 Å². The highest BCUT2D eigenvalue weighted by Crippen LogP contribution is 2.32. The monoisotopic (exact) mass is 504 g/mol. The second-order valence-electron chi connectivity index (χ2n) is 8.33. The van der Waals surface area contributed by atoms with Gasteiger partial charge in [0.15, 0.2) is 18.9 Å². The van der Waals surface area contributed by atoms with Crippen LogP contribution in [0, 0.1) is 0 Å². The molecular weight excluding hydrogens is 472 g/mol. The van der Waals surface area contributed by atoms with Crippen molar-refractivity contribution in [1.29, 1.82) is 0 Å². The van der Waals surface area contributed by atoms with Gasteiger partial charge in [-0.15, -0.1) is 0 Å². The van der Waals surface area contributed by atoms with Crippen molar-refractivity contribution in [2.75, 3.05) is 19.8 Å². The third-order valence-electron chi connectivity index (χ3n) is 6.09. The molecule has 0 amide bonds. The first kappa shape index (κ1) is 27.9. The van der Waals surface area contributed by atoms with Gasteiger partial charge in [0.1, 0.15) is 73.2 Å². The van der Waals surface area contributed by atoms with Gasteiger partial charge in [-0.2, -0.15) is 0 Å². The van der Waals surface area contributed by atoms with Crippen molar-refractivity contribution in [2.45, 2.75) is 92.1 Å². The van der Waals surface area contributed by atoms with Crippen molar-refractivity contribution in [3.05, 3.63) is 0 Å². The van der Waals surface area contributed by atoms with E-state index in [4.69, 9.17) is 23.7 Å². The van der Waals surface area contributed by atoms with Crippen LogP contribution in [0.25, 0.3) is 0 Å². The molecule has 16 nitrogen and oxygen atoms in total. The highest BCUT2D eigenvalue weighted by molar-refractivity contribution is 4.96. The zero-order valence-corrected chi connectivity index (χ0v) is 17.7. The molecule has 0 bridgehead atoms. The van der Waals surface area contributed by atoms with Gasteiger partial charge < -0.3 is 79.9 Å². The third kappa shape index (κ3) is 5.37. The zero-order valence-electron chi connectivity index (χ0n) is 17.7. The van der Waals surface area contributed by atoms with Gasteiger partial charge in [0, 0.05) is 0 Å². The number of hydrogen-bond donors (Lipinski definition) is 11. The summed E-state index contributed by atoms with van der Waals surface area (Å²) in [6.07, 6.45) is -25.1. The van der Waals surface area contributed by atoms with E-state index < -0.39 is 112 Å². The van der Waals surface area contributed by atoms with Crippen LogP contribution in [0.15, 0.2) is 0 Å². The summed E-state index contributed by atoms with van der Waals surface area (Å²) >= 11 is 0. The summed E-state index contributed by atoms with van der Waals surface area (Å²) in [4.78, 5) is 0. The largest absolute Gasteiger partial charge is 0.394 e. The van der Waals surface area contributed by atoms with E-state index in [9.17, 15) is 56.2 Å². The molecule has 3 aliphatic heterocycles. The first-order valence-corrected chi connectivity index (χ1v) is 10.6. The maximum Gasteiger partial charge on any atom is 0.187 e. The maximum atomic E-state index is 10.6. The Morgan fingerprint density at radius 1 is 0.441 bits per heavy atom. The van der Waals surface area contributed by atoms with Gasteiger partial charge in [-0.1, -0.05) is 0 Å². The first-order valence-electron chi connectivity index (χ1n) is 10.6. The van der Waals surface area contributed by atoms with E-state index in [2.05, 4.69) is 0 Å². The Hall–Kier alpha value is -0.640. The molecule has 0 aromatic rings. The summed E-state index contributed by atoms with van der Waals surface area (Å²) < 4.78 is 26.4. The van der Waals surface area contributed by atoms with Gasteiger partial charge in [0.25, 0.3) is 0 Å². The Morgan fingerprint density at radius 2 is 0.853 bits per heavy atom. The predicted molar refractivity (Wildman–Crippen MR) is 101 cm³/mol. The molecule has 15 atom stereocenters. The molecule has 200 valence electrons. The molecule has 3 heterocycles. The molecule has 3 saturated heterocycles. The summed E-state index contributed by atoms with van der Waals surface area (Å²) in [5.74, 6) is 0. The molecule has 0 radical (unpaired) electrons. The van der Waals surface area contributed by atoms with E-state index in [0.717, 1.165) is 0 Å². The van der Waals surface area contributed by atoms with Crippen LogP contribution >= 0.6 is 0 Å². The molecule has 0 aromatic carbocycles. The Kier molecular flexibility index (Phi) is 9.54. The van der Waals surface area contributed by atoms with Gasteiger partial charge in [0.05, 0.1) is 19.8 Å². The molecule has 0 saturated carbocycles. The summed E-state index contributed by atoms with van der Waals surface area (Å²) in [5, 5.41) is 109. The van der Waals surface area contributed by atoms with Crippen LogP contribution < -0.4 is 0 Å². The first-order chi connectivity index (χ1) is 16.0. The SMILES string of the molecule is OCC1O[C@@H](O[C@H]2C(CO)O[C@@H](O[C@H]3C(CO)OC(O)C(O)[C@H]3O)C(O)[C@H]2O)C(O)[C@@H](O)[C@H]1O. The molecule has 34 heavy (non-hydrogen) atoms. The second-order valence-corrected chi connectivity index (χ2v) is 8.33. The summed E-state index contributed by atoms with van der Waals surface area (Å²) in [6.45, 7) is -2.32. The third-order valence-corrected chi connectivity index (χ3v) is 6.09. The highest BCUT2D eigenvalue weighted by atomic mass is 16.8. The zero-order chi connectivity index (χ0) is 25.3. The van der Waals surface area contributed by atoms with E-state index in [0.29, 0.717) is 0 Å². The number of rotatable bonds is 7. The molecule has 0 aromatic heterocycles. The van der Waals surface area contributed by atoms with Crippen molar-refractivity contribution in [3.8, 4) is 0 Å².